The Balaban J connectivity index is 1.50. The highest BCUT2D eigenvalue weighted by molar-refractivity contribution is 7.97. The largest absolute Gasteiger partial charge is 0.360 e. The molecule has 6 nitrogen and oxygen atoms in total. The van der Waals surface area contributed by atoms with Crippen LogP contribution in [0, 0.1) is 5.82 Å². The summed E-state index contributed by atoms with van der Waals surface area (Å²) in [6.45, 7) is 13.6. The number of halogens is 2. The fourth-order valence-corrected chi connectivity index (χ4v) is 7.77. The lowest BCUT2D eigenvalue weighted by Gasteiger charge is -2.46. The number of hydrogen-bond acceptors (Lipinski definition) is 5. The van der Waals surface area contributed by atoms with Gasteiger partial charge in [-0.25, -0.2) is 4.39 Å². The van der Waals surface area contributed by atoms with E-state index in [0.29, 0.717) is 32.0 Å². The SMILES string of the molecule is [B]C([B])([B])N(Sc1cc(N2C3CCC2CN(C(=O)c2ccc(F)cc2Cl)C3)c2c(ccn2COCC(/C=C\C=C)=C/C)c1)C(C)(C)C. The van der Waals surface area contributed by atoms with Crippen LogP contribution in [-0.4, -0.2) is 85.8 Å². The average Bonchev–Trinajstić information content (AvgIpc) is 3.52. The predicted molar refractivity (Wildman–Crippen MR) is 195 cm³/mol. The molecular formula is C35H39B3ClFN4O2S. The number of hydrogen-bond donors (Lipinski definition) is 0. The lowest BCUT2D eigenvalue weighted by atomic mass is 9.49. The van der Waals surface area contributed by atoms with Crippen LogP contribution in [0.2, 0.25) is 5.02 Å². The second-order valence-corrected chi connectivity index (χ2v) is 14.6. The topological polar surface area (TPSA) is 41.0 Å². The predicted octanol–water partition coefficient (Wildman–Crippen LogP) is 6.81. The van der Waals surface area contributed by atoms with Crippen LogP contribution in [0.3, 0.4) is 0 Å². The highest BCUT2D eigenvalue weighted by atomic mass is 35.5. The zero-order chi connectivity index (χ0) is 34.1. The van der Waals surface area contributed by atoms with Crippen molar-refractivity contribution in [1.82, 2.24) is 13.8 Å². The number of amides is 1. The first-order chi connectivity index (χ1) is 22.2. The Hall–Kier alpha value is -2.85. The minimum atomic E-state index is -1.56. The van der Waals surface area contributed by atoms with Gasteiger partial charge < -0.3 is 19.1 Å². The Bertz CT molecular complexity index is 1670. The zero-order valence-electron chi connectivity index (χ0n) is 27.5. The zero-order valence-corrected chi connectivity index (χ0v) is 29.0. The second kappa shape index (κ2) is 14.3. The Morgan fingerprint density at radius 1 is 1.15 bits per heavy atom. The summed E-state index contributed by atoms with van der Waals surface area (Å²) in [4.78, 5) is 18.8. The van der Waals surface area contributed by atoms with Crippen molar-refractivity contribution < 1.29 is 13.9 Å². The van der Waals surface area contributed by atoms with Crippen molar-refractivity contribution in [2.75, 3.05) is 24.6 Å². The molecular weight excluding hydrogens is 627 g/mol. The number of aromatic nitrogens is 1. The van der Waals surface area contributed by atoms with Crippen molar-refractivity contribution in [3.63, 3.8) is 0 Å². The van der Waals surface area contributed by atoms with E-state index < -0.39 is 16.6 Å². The molecule has 3 aromatic rings. The third-order valence-electron chi connectivity index (χ3n) is 8.50. The van der Waals surface area contributed by atoms with Crippen LogP contribution in [0.5, 0.6) is 0 Å². The van der Waals surface area contributed by atoms with Gasteiger partial charge in [0.05, 0.1) is 51.9 Å². The first kappa shape index (κ1) is 35.5. The number of carbonyl (C=O) groups excluding carboxylic acids is 1. The molecule has 12 heteroatoms. The van der Waals surface area contributed by atoms with Crippen molar-refractivity contribution in [1.29, 1.82) is 0 Å². The molecule has 2 fully saturated rings. The van der Waals surface area contributed by atoms with Crippen molar-refractivity contribution in [2.45, 2.75) is 75.0 Å². The van der Waals surface area contributed by atoms with E-state index in [1.807, 2.05) is 57.0 Å². The van der Waals surface area contributed by atoms with E-state index in [1.165, 1.54) is 30.1 Å². The maximum absolute atomic E-state index is 13.7. The molecule has 2 unspecified atom stereocenters. The number of benzene rings is 2. The number of carbonyl (C=O) groups is 1. The van der Waals surface area contributed by atoms with E-state index in [2.05, 4.69) is 34.2 Å². The summed E-state index contributed by atoms with van der Waals surface area (Å²) >= 11 is 7.71. The van der Waals surface area contributed by atoms with E-state index in [4.69, 9.17) is 39.9 Å². The van der Waals surface area contributed by atoms with Crippen LogP contribution < -0.4 is 4.90 Å². The van der Waals surface area contributed by atoms with Crippen molar-refractivity contribution in [2.24, 2.45) is 0 Å². The summed E-state index contributed by atoms with van der Waals surface area (Å²) in [6, 6.07) is 10.4. The van der Waals surface area contributed by atoms with E-state index >= 15 is 0 Å². The summed E-state index contributed by atoms with van der Waals surface area (Å²) in [5.74, 6) is -0.657. The van der Waals surface area contributed by atoms with Crippen LogP contribution in [-0.2, 0) is 11.5 Å². The maximum Gasteiger partial charge on any atom is 0.255 e. The number of likely N-dealkylation sites (tertiary alicyclic amines) is 1. The van der Waals surface area contributed by atoms with Crippen LogP contribution in [0.4, 0.5) is 10.1 Å². The average molecular weight is 667 g/mol. The summed E-state index contributed by atoms with van der Waals surface area (Å²) < 4.78 is 23.8. The fourth-order valence-electron chi connectivity index (χ4n) is 6.54. The first-order valence-corrected chi connectivity index (χ1v) is 16.9. The lowest BCUT2D eigenvalue weighted by molar-refractivity contribution is 0.0718. The molecule has 6 radical (unpaired) electrons. The van der Waals surface area contributed by atoms with Gasteiger partial charge in [0.25, 0.3) is 5.91 Å². The van der Waals surface area contributed by atoms with Crippen LogP contribution >= 0.6 is 23.5 Å². The molecule has 240 valence electrons. The Kier molecular flexibility index (Phi) is 10.8. The first-order valence-electron chi connectivity index (χ1n) is 15.7. The summed E-state index contributed by atoms with van der Waals surface area (Å²) in [5.41, 5.74) is 3.01. The number of anilines is 1. The molecule has 2 aliphatic rings. The molecule has 0 saturated carbocycles. The van der Waals surface area contributed by atoms with Crippen LogP contribution in [0.25, 0.3) is 10.9 Å². The van der Waals surface area contributed by atoms with E-state index in [1.54, 1.807) is 10.4 Å². The van der Waals surface area contributed by atoms with E-state index in [0.717, 1.165) is 39.9 Å². The Morgan fingerprint density at radius 2 is 1.85 bits per heavy atom. The maximum atomic E-state index is 13.7. The molecule has 3 heterocycles. The third-order valence-corrected chi connectivity index (χ3v) is 10.3. The van der Waals surface area contributed by atoms with Gasteiger partial charge >= 0.3 is 0 Å². The standard InChI is InChI=1S/C35H39B3ClFN4O2S/c1-6-8-9-23(7-2)21-46-22-41-15-14-24-16-28(47-44(34(3,4)5)35(36,37)38)18-31(32(24)41)43-26-11-12-27(43)20-42(19-26)33(45)29-13-10-25(40)17-30(29)39/h6-10,13-18,26-27H,1,11-12,19-22H2,2-5H3/b9-8-,23-7+. The quantitative estimate of drug-likeness (QED) is 0.128. The van der Waals surface area contributed by atoms with Crippen LogP contribution in [0.1, 0.15) is 50.9 Å². The minimum Gasteiger partial charge on any atom is -0.360 e. The van der Waals surface area contributed by atoms with Crippen molar-refractivity contribution >= 4 is 69.6 Å². The van der Waals surface area contributed by atoms with Gasteiger partial charge in [0, 0.05) is 47.2 Å². The fraction of sp³-hybridized carbons (Fsp3) is 0.400. The van der Waals surface area contributed by atoms with E-state index in [9.17, 15) is 9.18 Å². The number of fused-ring (bicyclic) bond motifs is 3. The van der Waals surface area contributed by atoms with Gasteiger partial charge in [0.2, 0.25) is 0 Å². The lowest BCUT2D eigenvalue weighted by Crippen LogP contribution is -2.55. The number of ether oxygens (including phenoxy) is 1. The number of piperazine rings is 1. The van der Waals surface area contributed by atoms with Crippen molar-refractivity contribution in [3.8, 4) is 0 Å². The molecule has 47 heavy (non-hydrogen) atoms. The number of nitrogens with zero attached hydrogens (tertiary/aromatic N) is 4. The van der Waals surface area contributed by atoms with Gasteiger partial charge in [-0.3, -0.25) is 9.10 Å². The molecule has 2 bridgehead atoms. The van der Waals surface area contributed by atoms with Gasteiger partial charge in [-0.15, -0.1) is 0 Å². The summed E-state index contributed by atoms with van der Waals surface area (Å²) in [7, 11) is 18.7. The highest BCUT2D eigenvalue weighted by Crippen LogP contribution is 2.43. The normalized spacial score (nSPS) is 19.0. The number of allylic oxidation sites excluding steroid dienone is 3. The summed E-state index contributed by atoms with van der Waals surface area (Å²) in [6.07, 6.45) is 11.5. The third kappa shape index (κ3) is 7.91. The van der Waals surface area contributed by atoms with Gasteiger partial charge in [-0.1, -0.05) is 47.7 Å². The van der Waals surface area contributed by atoms with E-state index in [-0.39, 0.29) is 23.0 Å². The minimum absolute atomic E-state index is 0.0691. The molecule has 0 spiro atoms. The second-order valence-electron chi connectivity index (χ2n) is 13.2. The van der Waals surface area contributed by atoms with Gasteiger partial charge in [-0.05, 0) is 94.5 Å². The smallest absolute Gasteiger partial charge is 0.255 e. The molecule has 0 N–H and O–H groups in total. The monoisotopic (exact) mass is 666 g/mol. The van der Waals surface area contributed by atoms with Crippen molar-refractivity contribution in [3.05, 3.63) is 95.5 Å². The Labute approximate surface area is 291 Å². The van der Waals surface area contributed by atoms with Crippen LogP contribution in [0.15, 0.2) is 83.9 Å². The summed E-state index contributed by atoms with van der Waals surface area (Å²) in [5, 5.41) is -0.406. The molecule has 0 aliphatic carbocycles. The highest BCUT2D eigenvalue weighted by Gasteiger charge is 2.43. The Morgan fingerprint density at radius 3 is 2.45 bits per heavy atom. The number of rotatable bonds is 11. The molecule has 2 saturated heterocycles. The van der Waals surface area contributed by atoms with Gasteiger partial charge in [-0.2, -0.15) is 0 Å². The van der Waals surface area contributed by atoms with Gasteiger partial charge in [0.15, 0.2) is 0 Å². The molecule has 2 aromatic carbocycles. The molecule has 2 aliphatic heterocycles. The molecule has 1 aromatic heterocycles. The molecule has 1 amide bonds. The molecule has 2 atom stereocenters. The molecule has 5 rings (SSSR count). The van der Waals surface area contributed by atoms with Gasteiger partial charge in [0.1, 0.15) is 12.5 Å².